The van der Waals surface area contributed by atoms with E-state index in [0.717, 1.165) is 6.04 Å². The first-order chi connectivity index (χ1) is 6.34. The van der Waals surface area contributed by atoms with Crippen LogP contribution in [0, 0.1) is 5.92 Å². The molecule has 0 aromatic carbocycles. The SMILES string of the molecule is CC1Cc2ccoc2C1NC1CC1. The van der Waals surface area contributed by atoms with Crippen LogP contribution < -0.4 is 5.32 Å². The van der Waals surface area contributed by atoms with Gasteiger partial charge in [0.05, 0.1) is 12.3 Å². The zero-order valence-corrected chi connectivity index (χ0v) is 7.92. The van der Waals surface area contributed by atoms with Crippen molar-refractivity contribution in [2.75, 3.05) is 0 Å². The third-order valence-electron chi connectivity index (χ3n) is 3.17. The molecule has 3 rings (SSSR count). The van der Waals surface area contributed by atoms with Crippen molar-refractivity contribution in [3.63, 3.8) is 0 Å². The van der Waals surface area contributed by atoms with Crippen molar-refractivity contribution in [2.45, 2.75) is 38.3 Å². The lowest BCUT2D eigenvalue weighted by atomic mass is 10.1. The molecule has 2 nitrogen and oxygen atoms in total. The Bertz CT molecular complexity index is 314. The molecule has 1 N–H and O–H groups in total. The Labute approximate surface area is 78.3 Å². The molecule has 2 aliphatic rings. The van der Waals surface area contributed by atoms with E-state index < -0.39 is 0 Å². The number of nitrogens with one attached hydrogen (secondary N) is 1. The summed E-state index contributed by atoms with van der Waals surface area (Å²) in [4.78, 5) is 0. The molecule has 0 saturated heterocycles. The maximum absolute atomic E-state index is 5.53. The molecule has 1 saturated carbocycles. The van der Waals surface area contributed by atoms with Gasteiger partial charge in [-0.1, -0.05) is 6.92 Å². The minimum atomic E-state index is 0.484. The lowest BCUT2D eigenvalue weighted by Crippen LogP contribution is -2.25. The molecule has 2 atom stereocenters. The van der Waals surface area contributed by atoms with E-state index in [1.807, 2.05) is 6.26 Å². The second-order valence-electron chi connectivity index (χ2n) is 4.41. The zero-order valence-electron chi connectivity index (χ0n) is 7.92. The van der Waals surface area contributed by atoms with Crippen molar-refractivity contribution in [1.29, 1.82) is 0 Å². The van der Waals surface area contributed by atoms with Crippen LogP contribution in [0.2, 0.25) is 0 Å². The summed E-state index contributed by atoms with van der Waals surface area (Å²) in [5, 5.41) is 3.65. The zero-order chi connectivity index (χ0) is 8.84. The molecular formula is C11H15NO. The topological polar surface area (TPSA) is 25.2 Å². The predicted octanol–water partition coefficient (Wildman–Crippen LogP) is 2.26. The average molecular weight is 177 g/mol. The number of fused-ring (bicyclic) bond motifs is 1. The van der Waals surface area contributed by atoms with E-state index in [1.54, 1.807) is 0 Å². The Balaban J connectivity index is 1.84. The second-order valence-corrected chi connectivity index (χ2v) is 4.41. The van der Waals surface area contributed by atoms with Crippen molar-refractivity contribution in [1.82, 2.24) is 5.32 Å². The van der Waals surface area contributed by atoms with E-state index in [-0.39, 0.29) is 0 Å². The Morgan fingerprint density at radius 2 is 2.31 bits per heavy atom. The van der Waals surface area contributed by atoms with Crippen LogP contribution in [-0.2, 0) is 6.42 Å². The first kappa shape index (κ1) is 7.63. The normalized spacial score (nSPS) is 32.1. The predicted molar refractivity (Wildman–Crippen MR) is 50.5 cm³/mol. The fraction of sp³-hybridized carbons (Fsp3) is 0.636. The monoisotopic (exact) mass is 177 g/mol. The van der Waals surface area contributed by atoms with Crippen LogP contribution in [0.1, 0.15) is 37.1 Å². The smallest absolute Gasteiger partial charge is 0.124 e. The number of hydrogen-bond donors (Lipinski definition) is 1. The second kappa shape index (κ2) is 2.61. The van der Waals surface area contributed by atoms with Gasteiger partial charge in [-0.3, -0.25) is 0 Å². The number of hydrogen-bond acceptors (Lipinski definition) is 2. The summed E-state index contributed by atoms with van der Waals surface area (Å²) in [5.41, 5.74) is 1.41. The molecule has 0 aliphatic heterocycles. The first-order valence-corrected chi connectivity index (χ1v) is 5.17. The highest BCUT2D eigenvalue weighted by Gasteiger charge is 2.35. The van der Waals surface area contributed by atoms with Crippen molar-refractivity contribution in [2.24, 2.45) is 5.92 Å². The summed E-state index contributed by atoms with van der Waals surface area (Å²) < 4.78 is 5.53. The summed E-state index contributed by atoms with van der Waals surface area (Å²) in [6.45, 7) is 2.30. The van der Waals surface area contributed by atoms with Crippen LogP contribution in [0.15, 0.2) is 16.7 Å². The van der Waals surface area contributed by atoms with Gasteiger partial charge in [-0.2, -0.15) is 0 Å². The quantitative estimate of drug-likeness (QED) is 0.749. The van der Waals surface area contributed by atoms with Gasteiger partial charge in [-0.25, -0.2) is 0 Å². The molecule has 1 heterocycles. The Morgan fingerprint density at radius 1 is 1.46 bits per heavy atom. The maximum atomic E-state index is 5.53. The first-order valence-electron chi connectivity index (χ1n) is 5.17. The van der Waals surface area contributed by atoms with Gasteiger partial charge in [-0.15, -0.1) is 0 Å². The largest absolute Gasteiger partial charge is 0.467 e. The molecule has 0 spiro atoms. The lowest BCUT2D eigenvalue weighted by Gasteiger charge is -2.16. The third kappa shape index (κ3) is 1.20. The van der Waals surface area contributed by atoms with E-state index >= 15 is 0 Å². The Morgan fingerprint density at radius 3 is 3.08 bits per heavy atom. The summed E-state index contributed by atoms with van der Waals surface area (Å²) in [5.74, 6) is 1.90. The van der Waals surface area contributed by atoms with Crippen molar-refractivity contribution < 1.29 is 4.42 Å². The maximum Gasteiger partial charge on any atom is 0.124 e. The van der Waals surface area contributed by atoms with Gasteiger partial charge in [-0.05, 0) is 36.8 Å². The highest BCUT2D eigenvalue weighted by atomic mass is 16.3. The molecule has 13 heavy (non-hydrogen) atoms. The average Bonchev–Trinajstić information content (AvgIpc) is 2.74. The molecule has 1 aromatic heterocycles. The van der Waals surface area contributed by atoms with Crippen molar-refractivity contribution in [3.05, 3.63) is 23.7 Å². The minimum absolute atomic E-state index is 0.484. The molecule has 2 unspecified atom stereocenters. The van der Waals surface area contributed by atoms with Gasteiger partial charge in [0.2, 0.25) is 0 Å². The van der Waals surface area contributed by atoms with Crippen LogP contribution >= 0.6 is 0 Å². The van der Waals surface area contributed by atoms with Crippen LogP contribution in [0.5, 0.6) is 0 Å². The van der Waals surface area contributed by atoms with Crippen LogP contribution in [0.3, 0.4) is 0 Å². The van der Waals surface area contributed by atoms with E-state index in [9.17, 15) is 0 Å². The van der Waals surface area contributed by atoms with Gasteiger partial charge in [0, 0.05) is 6.04 Å². The fourth-order valence-corrected chi connectivity index (χ4v) is 2.26. The summed E-state index contributed by atoms with van der Waals surface area (Å²) in [6, 6.07) is 3.36. The van der Waals surface area contributed by atoms with Gasteiger partial charge < -0.3 is 9.73 Å². The molecule has 2 aliphatic carbocycles. The molecule has 0 radical (unpaired) electrons. The van der Waals surface area contributed by atoms with E-state index in [0.29, 0.717) is 12.0 Å². The highest BCUT2D eigenvalue weighted by Crippen LogP contribution is 2.38. The lowest BCUT2D eigenvalue weighted by molar-refractivity contribution is 0.353. The molecule has 1 fully saturated rings. The van der Waals surface area contributed by atoms with E-state index in [2.05, 4.69) is 18.3 Å². The minimum Gasteiger partial charge on any atom is -0.467 e. The summed E-state index contributed by atoms with van der Waals surface area (Å²) >= 11 is 0. The fourth-order valence-electron chi connectivity index (χ4n) is 2.26. The van der Waals surface area contributed by atoms with Gasteiger partial charge >= 0.3 is 0 Å². The standard InChI is InChI=1S/C11H15NO/c1-7-6-8-4-5-13-11(8)10(7)12-9-2-3-9/h4-5,7,9-10,12H,2-3,6H2,1H3. The summed E-state index contributed by atoms with van der Waals surface area (Å²) in [6.07, 6.45) is 5.69. The number of furan rings is 1. The molecular weight excluding hydrogens is 162 g/mol. The van der Waals surface area contributed by atoms with Gasteiger partial charge in [0.15, 0.2) is 0 Å². The molecule has 0 bridgehead atoms. The molecule has 0 amide bonds. The van der Waals surface area contributed by atoms with Gasteiger partial charge in [0.1, 0.15) is 5.76 Å². The molecule has 70 valence electrons. The van der Waals surface area contributed by atoms with Crippen molar-refractivity contribution >= 4 is 0 Å². The molecule has 1 aromatic rings. The van der Waals surface area contributed by atoms with Crippen LogP contribution in [-0.4, -0.2) is 6.04 Å². The third-order valence-corrected chi connectivity index (χ3v) is 3.17. The number of rotatable bonds is 2. The van der Waals surface area contributed by atoms with Crippen molar-refractivity contribution in [3.8, 4) is 0 Å². The van der Waals surface area contributed by atoms with E-state index in [1.165, 1.54) is 30.6 Å². The Hall–Kier alpha value is -0.760. The van der Waals surface area contributed by atoms with Crippen LogP contribution in [0.25, 0.3) is 0 Å². The van der Waals surface area contributed by atoms with Gasteiger partial charge in [0.25, 0.3) is 0 Å². The summed E-state index contributed by atoms with van der Waals surface area (Å²) in [7, 11) is 0. The van der Waals surface area contributed by atoms with Crippen LogP contribution in [0.4, 0.5) is 0 Å². The Kier molecular flexibility index (Phi) is 1.53. The highest BCUT2D eigenvalue weighted by molar-refractivity contribution is 5.27. The molecule has 2 heteroatoms. The van der Waals surface area contributed by atoms with E-state index in [4.69, 9.17) is 4.42 Å².